The molecule has 1 aliphatic rings. The predicted molar refractivity (Wildman–Crippen MR) is 81.7 cm³/mol. The van der Waals surface area contributed by atoms with Gasteiger partial charge in [0, 0.05) is 37.6 Å². The molecule has 0 saturated carbocycles. The van der Waals surface area contributed by atoms with Crippen molar-refractivity contribution in [2.45, 2.75) is 24.7 Å². The Kier molecular flexibility index (Phi) is 5.24. The van der Waals surface area contributed by atoms with Gasteiger partial charge in [0.25, 0.3) is 0 Å². The van der Waals surface area contributed by atoms with E-state index < -0.39 is 10.0 Å². The van der Waals surface area contributed by atoms with Gasteiger partial charge in [0.2, 0.25) is 15.9 Å². The minimum atomic E-state index is -3.50. The second-order valence-electron chi connectivity index (χ2n) is 4.99. The number of rotatable bonds is 4. The zero-order valence-corrected chi connectivity index (χ0v) is 13.5. The van der Waals surface area contributed by atoms with Crippen LogP contribution in [0.4, 0.5) is 0 Å². The molecule has 1 fully saturated rings. The summed E-state index contributed by atoms with van der Waals surface area (Å²) in [6, 6.07) is 6.14. The molecule has 0 aromatic heterocycles. The third kappa shape index (κ3) is 3.75. The number of amides is 1. The smallest absolute Gasteiger partial charge is 0.243 e. The van der Waals surface area contributed by atoms with Gasteiger partial charge in [0.15, 0.2) is 0 Å². The lowest BCUT2D eigenvalue weighted by atomic mass is 10.2. The van der Waals surface area contributed by atoms with Crippen LogP contribution in [0.3, 0.4) is 0 Å². The van der Waals surface area contributed by atoms with Crippen molar-refractivity contribution in [3.05, 3.63) is 29.3 Å². The molecular weight excluding hydrogens is 312 g/mol. The van der Waals surface area contributed by atoms with E-state index in [-0.39, 0.29) is 10.8 Å². The van der Waals surface area contributed by atoms with Crippen molar-refractivity contribution >= 4 is 27.5 Å². The number of benzene rings is 1. The Balaban J connectivity index is 2.04. The molecule has 1 saturated heterocycles. The quantitative estimate of drug-likeness (QED) is 0.848. The van der Waals surface area contributed by atoms with E-state index >= 15 is 0 Å². The molecule has 0 unspecified atom stereocenters. The van der Waals surface area contributed by atoms with Gasteiger partial charge in [-0.2, -0.15) is 4.31 Å². The van der Waals surface area contributed by atoms with E-state index in [0.717, 1.165) is 6.42 Å². The first-order valence-electron chi connectivity index (χ1n) is 6.98. The van der Waals surface area contributed by atoms with Crippen molar-refractivity contribution in [2.75, 3.05) is 26.2 Å². The van der Waals surface area contributed by atoms with Crippen molar-refractivity contribution in [2.24, 2.45) is 0 Å². The van der Waals surface area contributed by atoms with Crippen molar-refractivity contribution in [3.8, 4) is 0 Å². The van der Waals surface area contributed by atoms with Crippen LogP contribution in [0, 0.1) is 0 Å². The van der Waals surface area contributed by atoms with E-state index in [2.05, 4.69) is 0 Å². The molecule has 7 heteroatoms. The van der Waals surface area contributed by atoms with E-state index in [9.17, 15) is 13.2 Å². The molecule has 0 bridgehead atoms. The zero-order valence-electron chi connectivity index (χ0n) is 12.0. The van der Waals surface area contributed by atoms with Crippen LogP contribution in [0.2, 0.25) is 5.02 Å². The molecular formula is C14H19ClN2O3S. The maximum atomic E-state index is 12.5. The van der Waals surface area contributed by atoms with E-state index in [4.69, 9.17) is 11.6 Å². The predicted octanol–water partition coefficient (Wildman–Crippen LogP) is 1.97. The summed E-state index contributed by atoms with van der Waals surface area (Å²) in [7, 11) is -3.50. The second-order valence-corrected chi connectivity index (χ2v) is 7.36. The Morgan fingerprint density at radius 2 is 1.71 bits per heavy atom. The first-order valence-corrected chi connectivity index (χ1v) is 8.80. The third-order valence-corrected chi connectivity index (χ3v) is 5.67. The SMILES string of the molecule is CCCC(=O)N1CCN(S(=O)(=O)c2ccc(Cl)cc2)CC1. The molecule has 1 heterocycles. The van der Waals surface area contributed by atoms with E-state index in [1.165, 1.54) is 16.4 Å². The lowest BCUT2D eigenvalue weighted by Crippen LogP contribution is -2.50. The molecule has 1 aliphatic heterocycles. The number of hydrogen-bond donors (Lipinski definition) is 0. The number of hydrogen-bond acceptors (Lipinski definition) is 3. The van der Waals surface area contributed by atoms with Gasteiger partial charge in [0.05, 0.1) is 4.90 Å². The minimum absolute atomic E-state index is 0.0982. The average molecular weight is 331 g/mol. The van der Waals surface area contributed by atoms with E-state index in [1.54, 1.807) is 17.0 Å². The van der Waals surface area contributed by atoms with E-state index in [0.29, 0.717) is 37.6 Å². The first-order chi connectivity index (χ1) is 9.95. The van der Waals surface area contributed by atoms with Gasteiger partial charge >= 0.3 is 0 Å². The average Bonchev–Trinajstić information content (AvgIpc) is 2.48. The molecule has 0 atom stereocenters. The summed E-state index contributed by atoms with van der Waals surface area (Å²) in [6.07, 6.45) is 1.33. The highest BCUT2D eigenvalue weighted by atomic mass is 35.5. The summed E-state index contributed by atoms with van der Waals surface area (Å²) in [5.74, 6) is 0.0982. The van der Waals surface area contributed by atoms with Crippen molar-refractivity contribution in [1.29, 1.82) is 0 Å². The van der Waals surface area contributed by atoms with Gasteiger partial charge in [-0.25, -0.2) is 8.42 Å². The molecule has 0 N–H and O–H groups in total. The number of piperazine rings is 1. The van der Waals surface area contributed by atoms with Crippen molar-refractivity contribution < 1.29 is 13.2 Å². The molecule has 0 spiro atoms. The molecule has 1 aromatic rings. The fraction of sp³-hybridized carbons (Fsp3) is 0.500. The van der Waals surface area contributed by atoms with Gasteiger partial charge < -0.3 is 4.90 Å². The molecule has 5 nitrogen and oxygen atoms in total. The number of halogens is 1. The van der Waals surface area contributed by atoms with Crippen LogP contribution in [0.15, 0.2) is 29.2 Å². The molecule has 1 amide bonds. The number of carbonyl (C=O) groups excluding carboxylic acids is 1. The normalized spacial score (nSPS) is 17.0. The Morgan fingerprint density at radius 3 is 2.24 bits per heavy atom. The second kappa shape index (κ2) is 6.77. The monoisotopic (exact) mass is 330 g/mol. The number of nitrogens with zero attached hydrogens (tertiary/aromatic N) is 2. The van der Waals surface area contributed by atoms with Gasteiger partial charge in [-0.3, -0.25) is 4.79 Å². The summed E-state index contributed by atoms with van der Waals surface area (Å²) < 4.78 is 26.4. The summed E-state index contributed by atoms with van der Waals surface area (Å²) >= 11 is 5.78. The summed E-state index contributed by atoms with van der Waals surface area (Å²) in [6.45, 7) is 3.53. The lowest BCUT2D eigenvalue weighted by molar-refractivity contribution is -0.132. The molecule has 1 aromatic carbocycles. The number of carbonyl (C=O) groups is 1. The maximum absolute atomic E-state index is 12.5. The molecule has 21 heavy (non-hydrogen) atoms. The maximum Gasteiger partial charge on any atom is 0.243 e. The highest BCUT2D eigenvalue weighted by Gasteiger charge is 2.29. The van der Waals surface area contributed by atoms with Gasteiger partial charge in [0.1, 0.15) is 0 Å². The minimum Gasteiger partial charge on any atom is -0.340 e. The zero-order chi connectivity index (χ0) is 15.5. The van der Waals surface area contributed by atoms with Gasteiger partial charge in [-0.05, 0) is 30.7 Å². The Morgan fingerprint density at radius 1 is 1.14 bits per heavy atom. The van der Waals surface area contributed by atoms with Crippen molar-refractivity contribution in [3.63, 3.8) is 0 Å². The van der Waals surface area contributed by atoms with Crippen molar-refractivity contribution in [1.82, 2.24) is 9.21 Å². The molecule has 116 valence electrons. The fourth-order valence-corrected chi connectivity index (χ4v) is 3.85. The first kappa shape index (κ1) is 16.3. The van der Waals surface area contributed by atoms with Crippen LogP contribution in [0.25, 0.3) is 0 Å². The molecule has 0 radical (unpaired) electrons. The van der Waals surface area contributed by atoms with Crippen LogP contribution in [-0.2, 0) is 14.8 Å². The molecule has 2 rings (SSSR count). The van der Waals surface area contributed by atoms with Gasteiger partial charge in [-0.1, -0.05) is 18.5 Å². The largest absolute Gasteiger partial charge is 0.340 e. The third-order valence-electron chi connectivity index (χ3n) is 3.51. The standard InChI is InChI=1S/C14H19ClN2O3S/c1-2-3-14(18)16-8-10-17(11-9-16)21(19,20)13-6-4-12(15)5-7-13/h4-7H,2-3,8-11H2,1H3. The highest BCUT2D eigenvalue weighted by molar-refractivity contribution is 7.89. The molecule has 0 aliphatic carbocycles. The Hall–Kier alpha value is -1.11. The van der Waals surface area contributed by atoms with Crippen LogP contribution in [0.5, 0.6) is 0 Å². The van der Waals surface area contributed by atoms with Crippen LogP contribution < -0.4 is 0 Å². The summed E-state index contributed by atoms with van der Waals surface area (Å²) in [5.41, 5.74) is 0. The fourth-order valence-electron chi connectivity index (χ4n) is 2.31. The topological polar surface area (TPSA) is 57.7 Å². The van der Waals surface area contributed by atoms with E-state index in [1.807, 2.05) is 6.92 Å². The van der Waals surface area contributed by atoms with Crippen LogP contribution >= 0.6 is 11.6 Å². The van der Waals surface area contributed by atoms with Gasteiger partial charge in [-0.15, -0.1) is 0 Å². The summed E-state index contributed by atoms with van der Waals surface area (Å²) in [4.78, 5) is 13.8. The van der Waals surface area contributed by atoms with Crippen LogP contribution in [0.1, 0.15) is 19.8 Å². The lowest BCUT2D eigenvalue weighted by Gasteiger charge is -2.34. The Labute approximate surface area is 130 Å². The number of sulfonamides is 1. The highest BCUT2D eigenvalue weighted by Crippen LogP contribution is 2.20. The summed E-state index contributed by atoms with van der Waals surface area (Å²) in [5, 5.41) is 0.504. The van der Waals surface area contributed by atoms with Crippen LogP contribution in [-0.4, -0.2) is 49.7 Å². The Bertz CT molecular complexity index is 593.